The quantitative estimate of drug-likeness (QED) is 0.0972. The van der Waals surface area contributed by atoms with Gasteiger partial charge in [0.05, 0.1) is 13.1 Å². The summed E-state index contributed by atoms with van der Waals surface area (Å²) in [6.45, 7) is -0.0656. The molecule has 1 fully saturated rings. The molecule has 1 aromatic heterocycles. The van der Waals surface area contributed by atoms with Crippen LogP contribution in [0.2, 0.25) is 0 Å². The molecule has 3 unspecified atom stereocenters. The molecule has 3 aromatic rings. The first-order valence-corrected chi connectivity index (χ1v) is 20.0. The number of carboxylic acid groups (broad SMARTS) is 1. The Balaban J connectivity index is 1.66. The van der Waals surface area contributed by atoms with Crippen LogP contribution < -0.4 is 48.3 Å². The van der Waals surface area contributed by atoms with Crippen LogP contribution in [0.4, 0.5) is 0 Å². The molecule has 5 atom stereocenters. The number of nitrogens with two attached hydrogens (primary N) is 1. The summed E-state index contributed by atoms with van der Waals surface area (Å²) in [6.07, 6.45) is 0.0616. The molecule has 21 heteroatoms. The van der Waals surface area contributed by atoms with E-state index in [9.17, 15) is 53.1 Å². The van der Waals surface area contributed by atoms with Crippen molar-refractivity contribution in [3.05, 3.63) is 71.9 Å². The van der Waals surface area contributed by atoms with Crippen LogP contribution in [0.5, 0.6) is 0 Å². The number of rotatable bonds is 11. The van der Waals surface area contributed by atoms with Crippen LogP contribution in [0.25, 0.3) is 10.9 Å². The third kappa shape index (κ3) is 15.4. The Kier molecular flexibility index (Phi) is 17.9. The highest BCUT2D eigenvalue weighted by Gasteiger charge is 2.32. The van der Waals surface area contributed by atoms with E-state index in [1.54, 1.807) is 42.6 Å². The fourth-order valence-electron chi connectivity index (χ4n) is 6.57. The van der Waals surface area contributed by atoms with Crippen LogP contribution in [0, 0.1) is 0 Å². The Morgan fingerprint density at radius 1 is 0.758 bits per heavy atom. The zero-order chi connectivity index (χ0) is 45.2. The number of nitrogens with one attached hydrogen (secondary N) is 9. The molecule has 12 N–H and O–H groups in total. The van der Waals surface area contributed by atoms with E-state index in [-0.39, 0.29) is 57.9 Å². The molecule has 1 aliphatic heterocycles. The number of primary amides is 1. The van der Waals surface area contributed by atoms with Crippen LogP contribution in [0.3, 0.4) is 0 Å². The maximum absolute atomic E-state index is 13.9. The molecular weight excluding hydrogens is 809 g/mol. The third-order valence-electron chi connectivity index (χ3n) is 9.82. The normalized spacial score (nSPS) is 21.5. The lowest BCUT2D eigenvalue weighted by atomic mass is 10.0. The predicted octanol–water partition coefficient (Wildman–Crippen LogP) is -2.33. The number of fused-ring (bicyclic) bond motifs is 1. The molecule has 62 heavy (non-hydrogen) atoms. The molecule has 0 bridgehead atoms. The van der Waals surface area contributed by atoms with Gasteiger partial charge in [0.2, 0.25) is 53.2 Å². The lowest BCUT2D eigenvalue weighted by Crippen LogP contribution is -2.58. The molecular formula is C41H52N10O11. The fraction of sp³-hybridized carbons (Fsp3) is 0.415. The first-order chi connectivity index (χ1) is 29.6. The zero-order valence-electron chi connectivity index (χ0n) is 34.0. The summed E-state index contributed by atoms with van der Waals surface area (Å²) in [7, 11) is 0. The van der Waals surface area contributed by atoms with Crippen molar-refractivity contribution in [3.63, 3.8) is 0 Å². The van der Waals surface area contributed by atoms with E-state index in [0.717, 1.165) is 10.9 Å². The van der Waals surface area contributed by atoms with Crippen molar-refractivity contribution in [2.75, 3.05) is 19.6 Å². The van der Waals surface area contributed by atoms with Crippen molar-refractivity contribution >= 4 is 70.0 Å². The van der Waals surface area contributed by atoms with E-state index in [4.69, 9.17) is 5.73 Å². The number of H-pyrrole nitrogens is 1. The van der Waals surface area contributed by atoms with Gasteiger partial charge in [-0.2, -0.15) is 0 Å². The Labute approximate surface area is 355 Å². The van der Waals surface area contributed by atoms with Crippen molar-refractivity contribution in [3.8, 4) is 0 Å². The van der Waals surface area contributed by atoms with Crippen molar-refractivity contribution in [1.29, 1.82) is 0 Å². The summed E-state index contributed by atoms with van der Waals surface area (Å²) in [5.41, 5.74) is 7.35. The second-order valence-corrected chi connectivity index (χ2v) is 14.7. The maximum Gasteiger partial charge on any atom is 0.326 e. The maximum atomic E-state index is 13.9. The van der Waals surface area contributed by atoms with Crippen LogP contribution in [-0.4, -0.2) is 119 Å². The first-order valence-electron chi connectivity index (χ1n) is 20.0. The molecule has 1 saturated heterocycles. The molecule has 332 valence electrons. The van der Waals surface area contributed by atoms with Gasteiger partial charge in [0.15, 0.2) is 0 Å². The van der Waals surface area contributed by atoms with Gasteiger partial charge in [-0.1, -0.05) is 48.5 Å². The van der Waals surface area contributed by atoms with Gasteiger partial charge in [-0.05, 0) is 42.9 Å². The number of aliphatic carboxylic acids is 1. The first kappa shape index (κ1) is 47.4. The number of amides is 9. The Morgan fingerprint density at radius 2 is 1.44 bits per heavy atom. The number of carbonyl (C=O) groups is 10. The number of hydrogen-bond donors (Lipinski definition) is 11. The van der Waals surface area contributed by atoms with Crippen molar-refractivity contribution in [1.82, 2.24) is 47.5 Å². The van der Waals surface area contributed by atoms with E-state index < -0.39 is 102 Å². The molecule has 9 amide bonds. The Bertz CT molecular complexity index is 2130. The average Bonchev–Trinajstić information content (AvgIpc) is 3.64. The summed E-state index contributed by atoms with van der Waals surface area (Å²) in [5, 5.41) is 30.6. The molecule has 2 heterocycles. The van der Waals surface area contributed by atoms with E-state index >= 15 is 0 Å². The SMILES string of the molecule is CC(=O)NCC(=O)NC1CCC(=O)NCCCC(C(=O)O)NC(=O)[C@H](Cc2c[nH]c3ccccc23)NC(=O)CNC(=O)C(Cc2ccccc2)NC(=O)[C@H](CCC(N)=O)NC1=O. The summed E-state index contributed by atoms with van der Waals surface area (Å²) < 4.78 is 0. The average molecular weight is 861 g/mol. The van der Waals surface area contributed by atoms with E-state index in [0.29, 0.717) is 11.1 Å². The molecule has 21 nitrogen and oxygen atoms in total. The van der Waals surface area contributed by atoms with Crippen molar-refractivity contribution in [2.24, 2.45) is 5.73 Å². The minimum absolute atomic E-state index is 0.0427. The van der Waals surface area contributed by atoms with Gasteiger partial charge in [-0.3, -0.25) is 43.2 Å². The van der Waals surface area contributed by atoms with E-state index in [1.807, 2.05) is 18.2 Å². The van der Waals surface area contributed by atoms with Gasteiger partial charge in [-0.25, -0.2) is 4.79 Å². The number of para-hydroxylation sites is 1. The number of carboxylic acids is 1. The smallest absolute Gasteiger partial charge is 0.326 e. The minimum Gasteiger partial charge on any atom is -0.480 e. The molecule has 1 aliphatic rings. The molecule has 0 saturated carbocycles. The standard InChI is InChI=1S/C41H52N10O11/c1-23(52)44-21-35(55)47-28-14-16-34(54)43-17-7-12-30(41(61)62)50-40(60)32(19-25-20-45-27-11-6-5-10-26(25)27)48-36(56)22-46-37(57)31(18-24-8-3-2-4-9-24)51-39(59)29(49-38(28)58)13-15-33(42)53/h2-6,8-11,20,28-32,45H,7,12-19,21-22H2,1H3,(H2,42,53)(H,43,54)(H,44,52)(H,46,57)(H,47,55)(H,48,56)(H,49,58)(H,50,60)(H,51,59)(H,61,62)/t28?,29-,30?,31?,32-/m0/s1. The molecule has 0 spiro atoms. The highest BCUT2D eigenvalue weighted by molar-refractivity contribution is 5.97. The topological polar surface area (TPSA) is 329 Å². The van der Waals surface area contributed by atoms with Gasteiger partial charge >= 0.3 is 5.97 Å². The zero-order valence-corrected chi connectivity index (χ0v) is 34.0. The largest absolute Gasteiger partial charge is 0.480 e. The number of benzene rings is 2. The minimum atomic E-state index is -1.50. The van der Waals surface area contributed by atoms with Crippen molar-refractivity contribution < 1.29 is 53.1 Å². The van der Waals surface area contributed by atoms with Crippen LogP contribution in [0.15, 0.2) is 60.8 Å². The summed E-state index contributed by atoms with van der Waals surface area (Å²) in [4.78, 5) is 133. The van der Waals surface area contributed by atoms with Crippen LogP contribution >= 0.6 is 0 Å². The Morgan fingerprint density at radius 3 is 2.15 bits per heavy atom. The summed E-state index contributed by atoms with van der Waals surface area (Å²) >= 11 is 0. The van der Waals surface area contributed by atoms with Gasteiger partial charge in [0.25, 0.3) is 0 Å². The van der Waals surface area contributed by atoms with Crippen LogP contribution in [-0.2, 0) is 60.8 Å². The van der Waals surface area contributed by atoms with E-state index in [1.165, 1.54) is 6.92 Å². The molecule has 2 aromatic carbocycles. The third-order valence-corrected chi connectivity index (χ3v) is 9.82. The highest BCUT2D eigenvalue weighted by atomic mass is 16.4. The van der Waals surface area contributed by atoms with Crippen LogP contribution in [0.1, 0.15) is 56.6 Å². The summed E-state index contributed by atoms with van der Waals surface area (Å²) in [6, 6.07) is 8.67. The number of carbonyl (C=O) groups excluding carboxylic acids is 9. The van der Waals surface area contributed by atoms with Gasteiger partial charge in [0.1, 0.15) is 30.2 Å². The molecule has 0 aliphatic carbocycles. The highest BCUT2D eigenvalue weighted by Crippen LogP contribution is 2.19. The lowest BCUT2D eigenvalue weighted by molar-refractivity contribution is -0.142. The van der Waals surface area contributed by atoms with E-state index in [2.05, 4.69) is 47.5 Å². The second kappa shape index (κ2) is 23.5. The number of hydrogen-bond acceptors (Lipinski definition) is 10. The predicted molar refractivity (Wildman–Crippen MR) is 221 cm³/mol. The summed E-state index contributed by atoms with van der Waals surface area (Å²) in [5.74, 6) is -8.47. The van der Waals surface area contributed by atoms with Crippen molar-refractivity contribution in [2.45, 2.75) is 88.5 Å². The van der Waals surface area contributed by atoms with Gasteiger partial charge in [-0.15, -0.1) is 0 Å². The molecule has 4 rings (SSSR count). The second-order valence-electron chi connectivity index (χ2n) is 14.7. The van der Waals surface area contributed by atoms with Gasteiger partial charge in [0, 0.05) is 56.3 Å². The van der Waals surface area contributed by atoms with Gasteiger partial charge < -0.3 is 58.4 Å². The number of aromatic amines is 1. The lowest BCUT2D eigenvalue weighted by Gasteiger charge is -2.25. The number of aromatic nitrogens is 1. The monoisotopic (exact) mass is 860 g/mol. The Hall–Kier alpha value is -7.32. The fourth-order valence-corrected chi connectivity index (χ4v) is 6.57. The molecule has 0 radical (unpaired) electrons.